The molecule has 4 nitrogen and oxygen atoms in total. The van der Waals surface area contributed by atoms with Gasteiger partial charge in [0, 0.05) is 12.6 Å². The molecule has 0 fully saturated rings. The molecule has 1 aromatic carbocycles. The minimum atomic E-state index is -4.42. The predicted octanol–water partition coefficient (Wildman–Crippen LogP) is 4.16. The van der Waals surface area contributed by atoms with Crippen LogP contribution >= 0.6 is 15.9 Å². The van der Waals surface area contributed by atoms with Crippen LogP contribution in [0, 0.1) is 0 Å². The van der Waals surface area contributed by atoms with E-state index in [9.17, 15) is 22.8 Å². The number of amides is 1. The maximum Gasteiger partial charge on any atom is 0.416 e. The monoisotopic (exact) mass is 440 g/mol. The number of halogens is 4. The summed E-state index contributed by atoms with van der Waals surface area (Å²) in [5, 5.41) is 0. The van der Waals surface area contributed by atoms with Gasteiger partial charge in [-0.15, -0.1) is 0 Å². The van der Waals surface area contributed by atoms with Gasteiger partial charge in [0.1, 0.15) is 5.69 Å². The first-order valence-corrected chi connectivity index (χ1v) is 9.40. The molecule has 0 spiro atoms. The van der Waals surface area contributed by atoms with Crippen LogP contribution in [0.5, 0.6) is 0 Å². The number of aryl methyl sites for hydroxylation is 1. The summed E-state index contributed by atoms with van der Waals surface area (Å²) < 4.78 is 41.2. The quantitative estimate of drug-likeness (QED) is 0.667. The van der Waals surface area contributed by atoms with Crippen molar-refractivity contribution in [2.45, 2.75) is 44.6 Å². The Labute approximate surface area is 161 Å². The summed E-state index contributed by atoms with van der Waals surface area (Å²) in [4.78, 5) is 27.0. The largest absolute Gasteiger partial charge is 0.416 e. The highest BCUT2D eigenvalue weighted by atomic mass is 79.9. The third-order valence-corrected chi connectivity index (χ3v) is 5.96. The maximum atomic E-state index is 13.1. The van der Waals surface area contributed by atoms with Crippen molar-refractivity contribution in [2.75, 3.05) is 0 Å². The van der Waals surface area contributed by atoms with Gasteiger partial charge in [-0.05, 0) is 71.1 Å². The van der Waals surface area contributed by atoms with Crippen molar-refractivity contribution in [3.63, 3.8) is 0 Å². The molecule has 1 amide bonds. The minimum Gasteiger partial charge on any atom is -0.326 e. The first-order valence-electron chi connectivity index (χ1n) is 8.60. The normalized spacial score (nSPS) is 22.0. The lowest BCUT2D eigenvalue weighted by Gasteiger charge is -2.39. The van der Waals surface area contributed by atoms with Crippen molar-refractivity contribution in [2.24, 2.45) is 0 Å². The molecule has 1 aromatic heterocycles. The van der Waals surface area contributed by atoms with E-state index in [4.69, 9.17) is 0 Å². The number of hydrogen-bond acceptors (Lipinski definition) is 2. The highest BCUT2D eigenvalue weighted by Gasteiger charge is 2.40. The van der Waals surface area contributed by atoms with E-state index in [1.165, 1.54) is 16.7 Å². The van der Waals surface area contributed by atoms with Crippen LogP contribution in [0.25, 0.3) is 0 Å². The Morgan fingerprint density at radius 2 is 1.89 bits per heavy atom. The van der Waals surface area contributed by atoms with Crippen molar-refractivity contribution < 1.29 is 18.0 Å². The van der Waals surface area contributed by atoms with Gasteiger partial charge in [-0.25, -0.2) is 0 Å². The van der Waals surface area contributed by atoms with Crippen LogP contribution in [0.2, 0.25) is 0 Å². The molecule has 2 heterocycles. The number of nitrogens with zero attached hydrogens (tertiary/aromatic N) is 2. The third-order valence-electron chi connectivity index (χ3n) is 5.36. The van der Waals surface area contributed by atoms with Crippen molar-refractivity contribution in [3.8, 4) is 0 Å². The number of aromatic nitrogens is 1. The van der Waals surface area contributed by atoms with Gasteiger partial charge in [0.25, 0.3) is 11.5 Å². The predicted molar refractivity (Wildman–Crippen MR) is 96.5 cm³/mol. The van der Waals surface area contributed by atoms with Crippen LogP contribution in [0.15, 0.2) is 39.6 Å². The van der Waals surface area contributed by atoms with E-state index in [-0.39, 0.29) is 23.2 Å². The van der Waals surface area contributed by atoms with Gasteiger partial charge in [0.15, 0.2) is 0 Å². The smallest absolute Gasteiger partial charge is 0.326 e. The zero-order valence-electron chi connectivity index (χ0n) is 14.4. The Hall–Kier alpha value is -2.09. The topological polar surface area (TPSA) is 42.3 Å². The Morgan fingerprint density at radius 1 is 1.15 bits per heavy atom. The molecular weight excluding hydrogens is 425 g/mol. The first kappa shape index (κ1) is 18.3. The summed E-state index contributed by atoms with van der Waals surface area (Å²) in [6.07, 6.45) is -3.22. The first-order chi connectivity index (χ1) is 12.7. The third kappa shape index (κ3) is 2.90. The van der Waals surface area contributed by atoms with E-state index in [0.717, 1.165) is 17.7 Å². The lowest BCUT2D eigenvalue weighted by Crippen LogP contribution is -2.50. The van der Waals surface area contributed by atoms with Crippen LogP contribution in [-0.4, -0.2) is 21.4 Å². The summed E-state index contributed by atoms with van der Waals surface area (Å²) in [5.41, 5.74) is 0.677. The zero-order valence-corrected chi connectivity index (χ0v) is 16.0. The Bertz CT molecular complexity index is 999. The van der Waals surface area contributed by atoms with E-state index >= 15 is 0 Å². The molecule has 2 aliphatic rings. The van der Waals surface area contributed by atoms with Crippen LogP contribution in [-0.2, 0) is 19.1 Å². The second kappa shape index (κ2) is 6.22. The Kier molecular flexibility index (Phi) is 4.21. The molecule has 1 aliphatic carbocycles. The standard InChI is InChI=1S/C19H16BrF3N2O2/c1-10-9-24-16(7-5-14(20)17(24)26)18(27)25(10)15-6-3-11-2-4-12(8-13(11)15)19(21,22)23/h2,4-5,7-8,10,15H,3,6,9H2,1H3. The van der Waals surface area contributed by atoms with Crippen LogP contribution in [0.3, 0.4) is 0 Å². The molecule has 142 valence electrons. The van der Waals surface area contributed by atoms with Gasteiger partial charge in [-0.2, -0.15) is 13.2 Å². The molecule has 0 saturated heterocycles. The van der Waals surface area contributed by atoms with Crippen molar-refractivity contribution >= 4 is 21.8 Å². The molecule has 2 aromatic rings. The number of carbonyl (C=O) groups is 1. The van der Waals surface area contributed by atoms with Gasteiger partial charge in [-0.3, -0.25) is 9.59 Å². The highest BCUT2D eigenvalue weighted by molar-refractivity contribution is 9.10. The van der Waals surface area contributed by atoms with Gasteiger partial charge >= 0.3 is 6.18 Å². The molecule has 27 heavy (non-hydrogen) atoms. The molecule has 0 N–H and O–H groups in total. The molecule has 2 atom stereocenters. The zero-order chi connectivity index (χ0) is 19.5. The van der Waals surface area contributed by atoms with Gasteiger partial charge in [0.05, 0.1) is 16.1 Å². The molecule has 0 bridgehead atoms. The molecule has 2 unspecified atom stereocenters. The van der Waals surface area contributed by atoms with E-state index in [0.29, 0.717) is 29.4 Å². The Balaban J connectivity index is 1.77. The molecular formula is C19H16BrF3N2O2. The minimum absolute atomic E-state index is 0.265. The summed E-state index contributed by atoms with van der Waals surface area (Å²) in [5.74, 6) is -0.325. The van der Waals surface area contributed by atoms with Crippen molar-refractivity contribution in [3.05, 3.63) is 67.5 Å². The maximum absolute atomic E-state index is 13.1. The van der Waals surface area contributed by atoms with Crippen molar-refractivity contribution in [1.29, 1.82) is 0 Å². The number of rotatable bonds is 1. The summed E-state index contributed by atoms with van der Waals surface area (Å²) >= 11 is 3.18. The van der Waals surface area contributed by atoms with Crippen LogP contribution < -0.4 is 5.56 Å². The lowest BCUT2D eigenvalue weighted by molar-refractivity contribution is -0.137. The van der Waals surface area contributed by atoms with Gasteiger partial charge < -0.3 is 9.47 Å². The fourth-order valence-electron chi connectivity index (χ4n) is 4.10. The van der Waals surface area contributed by atoms with Crippen LogP contribution in [0.4, 0.5) is 13.2 Å². The lowest BCUT2D eigenvalue weighted by atomic mass is 10.00. The van der Waals surface area contributed by atoms with E-state index in [2.05, 4.69) is 15.9 Å². The fraction of sp³-hybridized carbons (Fsp3) is 0.368. The average molecular weight is 441 g/mol. The number of alkyl halides is 3. The van der Waals surface area contributed by atoms with E-state index in [1.54, 1.807) is 11.0 Å². The van der Waals surface area contributed by atoms with E-state index < -0.39 is 17.8 Å². The molecule has 0 radical (unpaired) electrons. The van der Waals surface area contributed by atoms with Gasteiger partial charge in [-0.1, -0.05) is 6.07 Å². The second-order valence-corrected chi connectivity index (χ2v) is 7.86. The fourth-order valence-corrected chi connectivity index (χ4v) is 4.45. The molecule has 4 rings (SSSR count). The summed E-state index contributed by atoms with van der Waals surface area (Å²) in [6, 6.07) is 6.15. The SMILES string of the molecule is CC1Cn2c(ccc(Br)c2=O)C(=O)N1C1CCc2ccc(C(F)(F)F)cc21. The van der Waals surface area contributed by atoms with Crippen molar-refractivity contribution in [1.82, 2.24) is 9.47 Å². The number of fused-ring (bicyclic) bond motifs is 2. The average Bonchev–Trinajstić information content (AvgIpc) is 3.01. The molecule has 0 saturated carbocycles. The van der Waals surface area contributed by atoms with Gasteiger partial charge in [0.2, 0.25) is 0 Å². The molecule has 8 heteroatoms. The summed E-state index contributed by atoms with van der Waals surface area (Å²) in [7, 11) is 0. The number of pyridine rings is 1. The number of carbonyl (C=O) groups excluding carboxylic acids is 1. The Morgan fingerprint density at radius 3 is 2.59 bits per heavy atom. The number of hydrogen-bond donors (Lipinski definition) is 0. The highest BCUT2D eigenvalue weighted by Crippen LogP contribution is 2.41. The summed E-state index contributed by atoms with van der Waals surface area (Å²) in [6.45, 7) is 2.13. The van der Waals surface area contributed by atoms with Crippen LogP contribution in [0.1, 0.15) is 46.6 Å². The molecule has 1 aliphatic heterocycles. The number of benzene rings is 1. The van der Waals surface area contributed by atoms with E-state index in [1.807, 2.05) is 6.92 Å². The second-order valence-electron chi connectivity index (χ2n) is 7.01.